The molecule has 0 amide bonds. The molecule has 0 heterocycles. The van der Waals surface area contributed by atoms with E-state index >= 15 is 0 Å². The molecule has 0 aliphatic rings. The van der Waals surface area contributed by atoms with Crippen LogP contribution < -0.4 is 5.73 Å². The van der Waals surface area contributed by atoms with Crippen molar-refractivity contribution >= 4 is 12.3 Å². The zero-order chi connectivity index (χ0) is 18.4. The Morgan fingerprint density at radius 2 is 1.74 bits per heavy atom. The Kier molecular flexibility index (Phi) is 7.44. The third kappa shape index (κ3) is 7.79. The maximum absolute atomic E-state index is 10.8. The van der Waals surface area contributed by atoms with Gasteiger partial charge in [-0.2, -0.15) is 0 Å². The van der Waals surface area contributed by atoms with Crippen molar-refractivity contribution in [3.63, 3.8) is 0 Å². The third-order valence-corrected chi connectivity index (χ3v) is 2.78. The minimum Gasteiger partial charge on any atom is -0.507 e. The molecule has 3 N–H and O–H groups in total. The summed E-state index contributed by atoms with van der Waals surface area (Å²) in [4.78, 5) is 21.4. The first-order chi connectivity index (χ1) is 10.3. The average molecular weight is 323 g/mol. The highest BCUT2D eigenvalue weighted by molar-refractivity contribution is 5.80. The second-order valence-electron chi connectivity index (χ2n) is 7.43. The molecule has 0 unspecified atom stereocenters. The minimum atomic E-state index is -0.528. The first kappa shape index (κ1) is 21.1. The van der Waals surface area contributed by atoms with Crippen molar-refractivity contribution < 1.29 is 19.4 Å². The van der Waals surface area contributed by atoms with Gasteiger partial charge >= 0.3 is 5.97 Å². The molecule has 1 aromatic rings. The van der Waals surface area contributed by atoms with Gasteiger partial charge in [0, 0.05) is 0 Å². The van der Waals surface area contributed by atoms with Gasteiger partial charge in [0.25, 0.3) is 0 Å². The molecule has 130 valence electrons. The zero-order valence-electron chi connectivity index (χ0n) is 15.1. The van der Waals surface area contributed by atoms with E-state index in [0.717, 1.165) is 5.56 Å². The van der Waals surface area contributed by atoms with Crippen molar-refractivity contribution in [2.75, 3.05) is 0 Å². The minimum absolute atomic E-state index is 0.102. The summed E-state index contributed by atoms with van der Waals surface area (Å²) >= 11 is 0. The van der Waals surface area contributed by atoms with E-state index in [0.29, 0.717) is 11.8 Å². The number of esters is 1. The largest absolute Gasteiger partial charge is 0.507 e. The number of benzene rings is 1. The summed E-state index contributed by atoms with van der Waals surface area (Å²) in [6.45, 7) is 13.0. The number of phenolic OH excluding ortho intramolecular Hbond substituents is 1. The highest BCUT2D eigenvalue weighted by Gasteiger charge is 2.19. The molecule has 0 saturated heterocycles. The fourth-order valence-electron chi connectivity index (χ4n) is 1.66. The molecule has 5 heteroatoms. The van der Waals surface area contributed by atoms with E-state index in [1.54, 1.807) is 19.1 Å². The van der Waals surface area contributed by atoms with E-state index in [9.17, 15) is 14.7 Å². The number of aldehydes is 1. The lowest BCUT2D eigenvalue weighted by Crippen LogP contribution is -2.35. The van der Waals surface area contributed by atoms with Gasteiger partial charge in [0.2, 0.25) is 0 Å². The standard InChI is InChI=1S/C11H14O2.C7H15NO2/c1-11(2,3)9-6-4-5-8(7-12)10(9)13;1-5(8)6(9)10-7(2,3)4/h4-7,13H,1-3H3;5H,8H2,1-4H3/t;5-/m.0/s1. The SMILES string of the molecule is CC(C)(C)c1cccc(C=O)c1O.C[C@H](N)C(=O)OC(C)(C)C. The van der Waals surface area contributed by atoms with Gasteiger partial charge in [-0.25, -0.2) is 0 Å². The Bertz CT molecular complexity index is 537. The molecule has 0 aromatic heterocycles. The highest BCUT2D eigenvalue weighted by Crippen LogP contribution is 2.32. The van der Waals surface area contributed by atoms with Gasteiger partial charge in [0.05, 0.1) is 5.56 Å². The molecule has 0 spiro atoms. The van der Waals surface area contributed by atoms with Crippen molar-refractivity contribution in [1.29, 1.82) is 0 Å². The quantitative estimate of drug-likeness (QED) is 0.644. The summed E-state index contributed by atoms with van der Waals surface area (Å²) < 4.78 is 4.94. The van der Waals surface area contributed by atoms with Crippen LogP contribution in [0.5, 0.6) is 5.75 Å². The molecule has 23 heavy (non-hydrogen) atoms. The average Bonchev–Trinajstić information content (AvgIpc) is 2.36. The Balaban J connectivity index is 0.000000438. The second-order valence-corrected chi connectivity index (χ2v) is 7.43. The van der Waals surface area contributed by atoms with Crippen molar-refractivity contribution in [3.05, 3.63) is 29.3 Å². The summed E-state index contributed by atoms with van der Waals surface area (Å²) in [7, 11) is 0. The number of carbonyl (C=O) groups excluding carboxylic acids is 2. The normalized spacial score (nSPS) is 12.7. The number of para-hydroxylation sites is 1. The molecule has 0 aliphatic carbocycles. The topological polar surface area (TPSA) is 89.6 Å². The van der Waals surface area contributed by atoms with Gasteiger partial charge in [0.15, 0.2) is 6.29 Å². The fraction of sp³-hybridized carbons (Fsp3) is 0.556. The zero-order valence-corrected chi connectivity index (χ0v) is 15.1. The number of phenols is 1. The van der Waals surface area contributed by atoms with Crippen molar-refractivity contribution in [1.82, 2.24) is 0 Å². The molecule has 0 bridgehead atoms. The van der Waals surface area contributed by atoms with E-state index in [2.05, 4.69) is 0 Å². The molecule has 0 saturated carbocycles. The van der Waals surface area contributed by atoms with Gasteiger partial charge in [-0.3, -0.25) is 9.59 Å². The monoisotopic (exact) mass is 323 g/mol. The summed E-state index contributed by atoms with van der Waals surface area (Å²) in [5, 5.41) is 9.69. The molecule has 0 radical (unpaired) electrons. The first-order valence-corrected chi connectivity index (χ1v) is 7.55. The van der Waals surface area contributed by atoms with Gasteiger partial charge < -0.3 is 15.6 Å². The summed E-state index contributed by atoms with van der Waals surface area (Å²) in [5.41, 5.74) is 5.86. The van der Waals surface area contributed by atoms with Gasteiger partial charge in [-0.15, -0.1) is 0 Å². The van der Waals surface area contributed by atoms with Gasteiger partial charge in [-0.1, -0.05) is 32.9 Å². The van der Waals surface area contributed by atoms with Gasteiger partial charge in [0.1, 0.15) is 17.4 Å². The van der Waals surface area contributed by atoms with E-state index in [4.69, 9.17) is 10.5 Å². The third-order valence-electron chi connectivity index (χ3n) is 2.78. The van der Waals surface area contributed by atoms with Crippen LogP contribution >= 0.6 is 0 Å². The number of hydrogen-bond acceptors (Lipinski definition) is 5. The summed E-state index contributed by atoms with van der Waals surface area (Å²) in [6, 6.07) is 4.70. The Morgan fingerprint density at radius 1 is 1.22 bits per heavy atom. The molecule has 0 fully saturated rings. The van der Waals surface area contributed by atoms with Crippen LogP contribution in [0.25, 0.3) is 0 Å². The van der Waals surface area contributed by atoms with Crippen LogP contribution in [0.1, 0.15) is 64.4 Å². The number of carbonyl (C=O) groups is 2. The van der Waals surface area contributed by atoms with Gasteiger partial charge in [-0.05, 0) is 44.7 Å². The smallest absolute Gasteiger partial charge is 0.323 e. The van der Waals surface area contributed by atoms with Crippen LogP contribution in [0.3, 0.4) is 0 Å². The Morgan fingerprint density at radius 3 is 2.04 bits per heavy atom. The molecule has 1 rings (SSSR count). The number of hydrogen-bond donors (Lipinski definition) is 2. The molecule has 0 aliphatic heterocycles. The van der Waals surface area contributed by atoms with Crippen molar-refractivity contribution in [2.24, 2.45) is 5.73 Å². The number of ether oxygens (including phenoxy) is 1. The highest BCUT2D eigenvalue weighted by atomic mass is 16.6. The van der Waals surface area contributed by atoms with E-state index in [1.165, 1.54) is 0 Å². The van der Waals surface area contributed by atoms with Crippen LogP contribution in [0.2, 0.25) is 0 Å². The molecule has 5 nitrogen and oxygen atoms in total. The molecular formula is C18H29NO4. The van der Waals surface area contributed by atoms with Crippen LogP contribution in [0.15, 0.2) is 18.2 Å². The Hall–Kier alpha value is -1.88. The van der Waals surface area contributed by atoms with Crippen LogP contribution in [-0.4, -0.2) is 29.0 Å². The van der Waals surface area contributed by atoms with Crippen LogP contribution in [-0.2, 0) is 14.9 Å². The van der Waals surface area contributed by atoms with E-state index < -0.39 is 11.6 Å². The lowest BCUT2D eigenvalue weighted by Gasteiger charge is -2.20. The number of rotatable bonds is 2. The van der Waals surface area contributed by atoms with Crippen molar-refractivity contribution in [3.8, 4) is 5.75 Å². The second kappa shape index (κ2) is 8.11. The van der Waals surface area contributed by atoms with Crippen LogP contribution in [0.4, 0.5) is 0 Å². The predicted octanol–water partition coefficient (Wildman–Crippen LogP) is 3.18. The van der Waals surface area contributed by atoms with Crippen molar-refractivity contribution in [2.45, 2.75) is 65.5 Å². The summed E-state index contributed by atoms with van der Waals surface area (Å²) in [6.07, 6.45) is 0.671. The maximum atomic E-state index is 10.8. The molecular weight excluding hydrogens is 294 g/mol. The fourth-order valence-corrected chi connectivity index (χ4v) is 1.66. The lowest BCUT2D eigenvalue weighted by molar-refractivity contribution is -0.155. The lowest BCUT2D eigenvalue weighted by atomic mass is 9.85. The van der Waals surface area contributed by atoms with E-state index in [1.807, 2.05) is 47.6 Å². The Labute approximate surface area is 138 Å². The molecule has 1 aromatic carbocycles. The first-order valence-electron chi connectivity index (χ1n) is 7.55. The predicted molar refractivity (Wildman–Crippen MR) is 91.7 cm³/mol. The number of aromatic hydroxyl groups is 1. The van der Waals surface area contributed by atoms with E-state index in [-0.39, 0.29) is 17.1 Å². The number of nitrogens with two attached hydrogens (primary N) is 1. The molecule has 1 atom stereocenters. The maximum Gasteiger partial charge on any atom is 0.323 e. The summed E-state index contributed by atoms with van der Waals surface area (Å²) in [5.74, 6) is -0.252. The van der Waals surface area contributed by atoms with Crippen LogP contribution in [0, 0.1) is 0 Å².